The van der Waals surface area contributed by atoms with Crippen LogP contribution in [0.2, 0.25) is 0 Å². The number of hydrogen-bond donors (Lipinski definition) is 2. The molecule has 0 saturated carbocycles. The van der Waals surface area contributed by atoms with E-state index >= 15 is 0 Å². The summed E-state index contributed by atoms with van der Waals surface area (Å²) in [5.74, 6) is -8.00. The summed E-state index contributed by atoms with van der Waals surface area (Å²) in [6.45, 7) is 0. The fourth-order valence-corrected chi connectivity index (χ4v) is 1.43. The molecule has 0 atom stereocenters. The molecule has 2 aromatic rings. The molecule has 4 N–H and O–H groups in total. The van der Waals surface area contributed by atoms with E-state index in [1.165, 1.54) is 18.2 Å². The van der Waals surface area contributed by atoms with Crippen LogP contribution < -0.4 is 16.2 Å². The maximum absolute atomic E-state index is 13.4. The minimum absolute atomic E-state index is 0.0246. The molecule has 0 heterocycles. The topological polar surface area (TPSA) is 61.3 Å². The van der Waals surface area contributed by atoms with Crippen molar-refractivity contribution in [3.8, 4) is 11.5 Å². The van der Waals surface area contributed by atoms with E-state index in [0.717, 1.165) is 0 Å². The number of rotatable bonds is 2. The van der Waals surface area contributed by atoms with Gasteiger partial charge in [0, 0.05) is 6.07 Å². The van der Waals surface area contributed by atoms with Crippen molar-refractivity contribution >= 4 is 11.4 Å². The van der Waals surface area contributed by atoms with Gasteiger partial charge in [-0.15, -0.1) is 0 Å². The van der Waals surface area contributed by atoms with Crippen molar-refractivity contribution in [2.24, 2.45) is 0 Å². The molecule has 2 rings (SSSR count). The van der Waals surface area contributed by atoms with E-state index < -0.39 is 29.0 Å². The second kappa shape index (κ2) is 4.68. The van der Waals surface area contributed by atoms with E-state index in [9.17, 15) is 17.6 Å². The number of ether oxygens (including phenoxy) is 1. The number of halogens is 4. The Labute approximate surface area is 105 Å². The molecule has 0 radical (unpaired) electrons. The molecular weight excluding hydrogens is 264 g/mol. The first-order valence-corrected chi connectivity index (χ1v) is 5.06. The van der Waals surface area contributed by atoms with Crippen molar-refractivity contribution in [2.45, 2.75) is 0 Å². The Kier molecular flexibility index (Phi) is 3.20. The number of nitrogen functional groups attached to an aromatic ring is 2. The third-order valence-corrected chi connectivity index (χ3v) is 2.35. The molecule has 0 saturated heterocycles. The van der Waals surface area contributed by atoms with Crippen LogP contribution in [0.5, 0.6) is 11.5 Å². The Morgan fingerprint density at radius 1 is 0.789 bits per heavy atom. The average molecular weight is 272 g/mol. The minimum Gasteiger partial charge on any atom is -0.447 e. The van der Waals surface area contributed by atoms with Crippen LogP contribution in [0.3, 0.4) is 0 Å². The lowest BCUT2D eigenvalue weighted by Crippen LogP contribution is -2.03. The van der Waals surface area contributed by atoms with Crippen LogP contribution in [0.4, 0.5) is 28.9 Å². The predicted molar refractivity (Wildman–Crippen MR) is 61.6 cm³/mol. The predicted octanol–water partition coefficient (Wildman–Crippen LogP) is 3.20. The zero-order valence-corrected chi connectivity index (χ0v) is 9.38. The third-order valence-electron chi connectivity index (χ3n) is 2.35. The second-order valence-corrected chi connectivity index (χ2v) is 3.66. The maximum atomic E-state index is 13.4. The Bertz CT molecular complexity index is 600. The molecule has 19 heavy (non-hydrogen) atoms. The lowest BCUT2D eigenvalue weighted by atomic mass is 10.2. The van der Waals surface area contributed by atoms with Crippen molar-refractivity contribution in [2.75, 3.05) is 11.5 Å². The SMILES string of the molecule is Nc1cccc(N)c1Oc1c(F)c(F)cc(F)c1F. The first-order chi connectivity index (χ1) is 8.91. The number of anilines is 2. The summed E-state index contributed by atoms with van der Waals surface area (Å²) in [5, 5.41) is 0. The minimum atomic E-state index is -1.67. The quantitative estimate of drug-likeness (QED) is 0.501. The van der Waals surface area contributed by atoms with Crippen molar-refractivity contribution in [1.29, 1.82) is 0 Å². The van der Waals surface area contributed by atoms with E-state index in [4.69, 9.17) is 16.2 Å². The molecule has 0 aliphatic rings. The zero-order valence-electron chi connectivity index (χ0n) is 9.38. The van der Waals surface area contributed by atoms with Crippen LogP contribution in [-0.2, 0) is 0 Å². The van der Waals surface area contributed by atoms with E-state index in [1.54, 1.807) is 0 Å². The van der Waals surface area contributed by atoms with Crippen molar-refractivity contribution in [3.63, 3.8) is 0 Å². The summed E-state index contributed by atoms with van der Waals surface area (Å²) in [4.78, 5) is 0. The zero-order chi connectivity index (χ0) is 14.2. The van der Waals surface area contributed by atoms with E-state index in [0.29, 0.717) is 0 Å². The summed E-state index contributed by atoms with van der Waals surface area (Å²) in [7, 11) is 0. The summed E-state index contributed by atoms with van der Waals surface area (Å²) in [5.41, 5.74) is 11.0. The molecule has 3 nitrogen and oxygen atoms in total. The molecule has 0 aliphatic carbocycles. The van der Waals surface area contributed by atoms with Gasteiger partial charge in [0.25, 0.3) is 0 Å². The standard InChI is InChI=1S/C12H8F4N2O/c13-5-4-6(14)10(16)12(9(5)15)19-11-7(17)2-1-3-8(11)18/h1-4H,17-18H2. The molecule has 0 spiro atoms. The van der Waals surface area contributed by atoms with Gasteiger partial charge in [-0.3, -0.25) is 0 Å². The fraction of sp³-hybridized carbons (Fsp3) is 0. The third kappa shape index (κ3) is 2.26. The maximum Gasteiger partial charge on any atom is 0.204 e. The van der Waals surface area contributed by atoms with Crippen molar-refractivity contribution in [1.82, 2.24) is 0 Å². The van der Waals surface area contributed by atoms with Crippen LogP contribution in [-0.4, -0.2) is 0 Å². The number of benzene rings is 2. The van der Waals surface area contributed by atoms with Gasteiger partial charge in [-0.25, -0.2) is 8.78 Å². The summed E-state index contributed by atoms with van der Waals surface area (Å²) >= 11 is 0. The largest absolute Gasteiger partial charge is 0.447 e. The fourth-order valence-electron chi connectivity index (χ4n) is 1.43. The van der Waals surface area contributed by atoms with Crippen LogP contribution >= 0.6 is 0 Å². The molecule has 0 amide bonds. The van der Waals surface area contributed by atoms with Gasteiger partial charge >= 0.3 is 0 Å². The van der Waals surface area contributed by atoms with Crippen LogP contribution in [0.25, 0.3) is 0 Å². The first-order valence-electron chi connectivity index (χ1n) is 5.06. The van der Waals surface area contributed by atoms with Crippen LogP contribution in [0, 0.1) is 23.3 Å². The van der Waals surface area contributed by atoms with Gasteiger partial charge < -0.3 is 16.2 Å². The highest BCUT2D eigenvalue weighted by Gasteiger charge is 2.22. The highest BCUT2D eigenvalue weighted by molar-refractivity contribution is 5.68. The van der Waals surface area contributed by atoms with Crippen LogP contribution in [0.15, 0.2) is 24.3 Å². The molecule has 0 fully saturated rings. The highest BCUT2D eigenvalue weighted by Crippen LogP contribution is 2.36. The molecule has 100 valence electrons. The molecule has 0 bridgehead atoms. The summed E-state index contributed by atoms with van der Waals surface area (Å²) < 4.78 is 57.6. The van der Waals surface area contributed by atoms with E-state index in [-0.39, 0.29) is 23.2 Å². The highest BCUT2D eigenvalue weighted by atomic mass is 19.2. The van der Waals surface area contributed by atoms with Gasteiger partial charge in [0.15, 0.2) is 17.4 Å². The Balaban J connectivity index is 2.56. The molecule has 7 heteroatoms. The smallest absolute Gasteiger partial charge is 0.204 e. The van der Waals surface area contributed by atoms with Gasteiger partial charge in [0.1, 0.15) is 0 Å². The molecule has 2 aromatic carbocycles. The van der Waals surface area contributed by atoms with Gasteiger partial charge in [0.2, 0.25) is 17.4 Å². The van der Waals surface area contributed by atoms with Gasteiger partial charge in [-0.2, -0.15) is 8.78 Å². The normalized spacial score (nSPS) is 10.5. The van der Waals surface area contributed by atoms with Crippen LogP contribution in [0.1, 0.15) is 0 Å². The molecular formula is C12H8F4N2O. The van der Waals surface area contributed by atoms with Gasteiger partial charge in [-0.05, 0) is 12.1 Å². The average Bonchev–Trinajstić information content (AvgIpc) is 2.35. The lowest BCUT2D eigenvalue weighted by Gasteiger charge is -2.12. The summed E-state index contributed by atoms with van der Waals surface area (Å²) in [6.07, 6.45) is 0. The monoisotopic (exact) mass is 272 g/mol. The number of para-hydroxylation sites is 1. The number of hydrogen-bond acceptors (Lipinski definition) is 3. The Morgan fingerprint density at radius 2 is 1.26 bits per heavy atom. The summed E-state index contributed by atoms with van der Waals surface area (Å²) in [6, 6.07) is 4.28. The van der Waals surface area contributed by atoms with Crippen molar-refractivity contribution in [3.05, 3.63) is 47.5 Å². The van der Waals surface area contributed by atoms with E-state index in [1.807, 2.05) is 0 Å². The first kappa shape index (κ1) is 13.0. The second-order valence-electron chi connectivity index (χ2n) is 3.66. The number of nitrogens with two attached hydrogens (primary N) is 2. The molecule has 0 aromatic heterocycles. The van der Waals surface area contributed by atoms with Gasteiger partial charge in [-0.1, -0.05) is 6.07 Å². The van der Waals surface area contributed by atoms with Crippen molar-refractivity contribution < 1.29 is 22.3 Å². The Morgan fingerprint density at radius 3 is 1.74 bits per heavy atom. The lowest BCUT2D eigenvalue weighted by molar-refractivity contribution is 0.368. The van der Waals surface area contributed by atoms with Gasteiger partial charge in [0.05, 0.1) is 11.4 Å². The Hall–Kier alpha value is -2.44. The molecule has 0 aliphatic heterocycles. The molecule has 0 unspecified atom stereocenters. The van der Waals surface area contributed by atoms with E-state index in [2.05, 4.69) is 0 Å².